The summed E-state index contributed by atoms with van der Waals surface area (Å²) in [5.41, 5.74) is 5.38. The quantitative estimate of drug-likeness (QED) is 0.847. The van der Waals surface area contributed by atoms with Crippen LogP contribution in [-0.2, 0) is 6.42 Å². The monoisotopic (exact) mass is 294 g/mol. The Bertz CT molecular complexity index is 770. The topological polar surface area (TPSA) is 44.7 Å². The molecule has 2 aromatic carbocycles. The highest BCUT2D eigenvalue weighted by Gasteiger charge is 2.34. The van der Waals surface area contributed by atoms with Crippen molar-refractivity contribution in [1.29, 1.82) is 0 Å². The van der Waals surface area contributed by atoms with Gasteiger partial charge in [0.05, 0.1) is 13.2 Å². The van der Waals surface area contributed by atoms with Crippen molar-refractivity contribution >= 4 is 17.1 Å². The lowest BCUT2D eigenvalue weighted by molar-refractivity contribution is 0.373. The van der Waals surface area contributed by atoms with Crippen LogP contribution >= 0.6 is 0 Å². The maximum atomic E-state index is 10.00. The third kappa shape index (κ3) is 1.77. The predicted molar refractivity (Wildman–Crippen MR) is 88.6 cm³/mol. The van der Waals surface area contributed by atoms with Gasteiger partial charge in [-0.05, 0) is 24.1 Å². The first kappa shape index (κ1) is 13.1. The zero-order chi connectivity index (χ0) is 15.3. The molecular formula is C18H18N2O2. The van der Waals surface area contributed by atoms with E-state index in [1.807, 2.05) is 6.07 Å². The zero-order valence-corrected chi connectivity index (χ0v) is 12.5. The van der Waals surface area contributed by atoms with Crippen molar-refractivity contribution in [3.05, 3.63) is 54.1 Å². The van der Waals surface area contributed by atoms with E-state index in [1.165, 1.54) is 11.3 Å². The molecule has 0 aromatic heterocycles. The zero-order valence-electron chi connectivity index (χ0n) is 12.5. The minimum Gasteiger partial charge on any atom is -0.504 e. The fourth-order valence-corrected chi connectivity index (χ4v) is 3.46. The number of phenols is 1. The number of methoxy groups -OCH3 is 1. The van der Waals surface area contributed by atoms with Gasteiger partial charge >= 0.3 is 0 Å². The number of fused-ring (bicyclic) bond motifs is 4. The highest BCUT2D eigenvalue weighted by molar-refractivity contribution is 5.89. The van der Waals surface area contributed by atoms with E-state index >= 15 is 0 Å². The van der Waals surface area contributed by atoms with E-state index in [4.69, 9.17) is 4.74 Å². The SMILES string of the molecule is C=C1c2cc(OC)c(O)cc2NC[C@@H]2Cc3ccccc3N12. The number of rotatable bonds is 1. The standard InChI is InChI=1S/C18H18N2O2/c1-11-14-8-18(22-2)17(21)9-15(14)19-10-13-7-12-5-3-4-6-16(12)20(11)13/h3-6,8-9,13,19,21H,1,7,10H2,2H3/t13-/m0/s1. The third-order valence-electron chi connectivity index (χ3n) is 4.52. The number of hydrogen-bond donors (Lipinski definition) is 2. The summed E-state index contributed by atoms with van der Waals surface area (Å²) in [6.45, 7) is 5.12. The second-order valence-electron chi connectivity index (χ2n) is 5.75. The molecule has 112 valence electrons. The van der Waals surface area contributed by atoms with Crippen LogP contribution in [0.1, 0.15) is 11.1 Å². The molecule has 2 aliphatic rings. The minimum absolute atomic E-state index is 0.143. The van der Waals surface area contributed by atoms with Gasteiger partial charge in [-0.2, -0.15) is 0 Å². The Balaban J connectivity index is 1.85. The van der Waals surface area contributed by atoms with Crippen LogP contribution in [0.5, 0.6) is 11.5 Å². The molecule has 4 nitrogen and oxygen atoms in total. The number of hydrogen-bond acceptors (Lipinski definition) is 4. The number of ether oxygens (including phenoxy) is 1. The minimum atomic E-state index is 0.143. The van der Waals surface area contributed by atoms with Gasteiger partial charge in [-0.25, -0.2) is 0 Å². The van der Waals surface area contributed by atoms with E-state index in [0.717, 1.165) is 29.9 Å². The Morgan fingerprint density at radius 3 is 2.95 bits per heavy atom. The first-order valence-corrected chi connectivity index (χ1v) is 7.40. The van der Waals surface area contributed by atoms with E-state index in [2.05, 4.69) is 41.1 Å². The summed E-state index contributed by atoms with van der Waals surface area (Å²) in [7, 11) is 1.56. The molecule has 0 radical (unpaired) electrons. The summed E-state index contributed by atoms with van der Waals surface area (Å²) in [5, 5.41) is 13.4. The van der Waals surface area contributed by atoms with Gasteiger partial charge < -0.3 is 20.1 Å². The predicted octanol–water partition coefficient (Wildman–Crippen LogP) is 3.23. The van der Waals surface area contributed by atoms with Crippen LogP contribution in [0.2, 0.25) is 0 Å². The van der Waals surface area contributed by atoms with Crippen molar-refractivity contribution in [2.45, 2.75) is 12.5 Å². The van der Waals surface area contributed by atoms with E-state index in [1.54, 1.807) is 13.2 Å². The molecular weight excluding hydrogens is 276 g/mol. The fourth-order valence-electron chi connectivity index (χ4n) is 3.46. The molecule has 2 N–H and O–H groups in total. The Labute approximate surface area is 129 Å². The molecule has 0 aliphatic carbocycles. The second kappa shape index (κ2) is 4.70. The van der Waals surface area contributed by atoms with Crippen LogP contribution in [0.4, 0.5) is 11.4 Å². The summed E-state index contributed by atoms with van der Waals surface area (Å²) in [6, 6.07) is 12.4. The van der Waals surface area contributed by atoms with Crippen LogP contribution in [0.15, 0.2) is 43.0 Å². The van der Waals surface area contributed by atoms with Crippen LogP contribution in [-0.4, -0.2) is 24.8 Å². The van der Waals surface area contributed by atoms with Gasteiger partial charge in [0.25, 0.3) is 0 Å². The van der Waals surface area contributed by atoms with E-state index in [-0.39, 0.29) is 5.75 Å². The molecule has 1 atom stereocenters. The molecule has 0 amide bonds. The fraction of sp³-hybridized carbons (Fsp3) is 0.222. The number of nitrogens with one attached hydrogen (secondary N) is 1. The number of para-hydroxylation sites is 1. The summed E-state index contributed by atoms with van der Waals surface area (Å²) < 4.78 is 5.24. The summed E-state index contributed by atoms with van der Waals surface area (Å²) in [5.74, 6) is 0.608. The molecule has 0 saturated carbocycles. The van der Waals surface area contributed by atoms with Gasteiger partial charge in [-0.15, -0.1) is 0 Å². The molecule has 22 heavy (non-hydrogen) atoms. The molecule has 0 unspecified atom stereocenters. The van der Waals surface area contributed by atoms with Gasteiger partial charge in [0.2, 0.25) is 0 Å². The van der Waals surface area contributed by atoms with Gasteiger partial charge in [0.15, 0.2) is 11.5 Å². The van der Waals surface area contributed by atoms with Crippen molar-refractivity contribution < 1.29 is 9.84 Å². The summed E-state index contributed by atoms with van der Waals surface area (Å²) in [6.07, 6.45) is 0.999. The number of anilines is 2. The van der Waals surface area contributed by atoms with Crippen LogP contribution in [0, 0.1) is 0 Å². The molecule has 4 rings (SSSR count). The number of benzene rings is 2. The Morgan fingerprint density at radius 2 is 2.14 bits per heavy atom. The maximum absolute atomic E-state index is 10.00. The largest absolute Gasteiger partial charge is 0.504 e. The Morgan fingerprint density at radius 1 is 1.32 bits per heavy atom. The average Bonchev–Trinajstić information content (AvgIpc) is 2.84. The first-order chi connectivity index (χ1) is 10.7. The molecule has 2 heterocycles. The van der Waals surface area contributed by atoms with Crippen molar-refractivity contribution in [3.8, 4) is 11.5 Å². The highest BCUT2D eigenvalue weighted by Crippen LogP contribution is 2.44. The van der Waals surface area contributed by atoms with Crippen LogP contribution in [0.25, 0.3) is 5.70 Å². The van der Waals surface area contributed by atoms with Crippen molar-refractivity contribution in [2.24, 2.45) is 0 Å². The number of aromatic hydroxyl groups is 1. The average molecular weight is 294 g/mol. The molecule has 4 heteroatoms. The van der Waals surface area contributed by atoms with E-state index in [9.17, 15) is 5.11 Å². The molecule has 0 bridgehead atoms. The van der Waals surface area contributed by atoms with Gasteiger partial charge in [0.1, 0.15) is 0 Å². The maximum Gasteiger partial charge on any atom is 0.161 e. The molecule has 2 aliphatic heterocycles. The third-order valence-corrected chi connectivity index (χ3v) is 4.52. The molecule has 0 saturated heterocycles. The van der Waals surface area contributed by atoms with Gasteiger partial charge in [0, 0.05) is 35.2 Å². The lowest BCUT2D eigenvalue weighted by Crippen LogP contribution is -2.33. The van der Waals surface area contributed by atoms with Crippen molar-refractivity contribution in [3.63, 3.8) is 0 Å². The normalized spacial score (nSPS) is 18.9. The summed E-state index contributed by atoms with van der Waals surface area (Å²) >= 11 is 0. The van der Waals surface area contributed by atoms with Gasteiger partial charge in [-0.1, -0.05) is 24.8 Å². The molecule has 0 fully saturated rings. The van der Waals surface area contributed by atoms with Crippen LogP contribution in [0.3, 0.4) is 0 Å². The molecule has 2 aromatic rings. The van der Waals surface area contributed by atoms with Crippen molar-refractivity contribution in [2.75, 3.05) is 23.9 Å². The lowest BCUT2D eigenvalue weighted by atomic mass is 10.1. The number of phenolic OH excluding ortho intramolecular Hbond substituents is 1. The highest BCUT2D eigenvalue weighted by atomic mass is 16.5. The Kier molecular flexibility index (Phi) is 2.79. The smallest absolute Gasteiger partial charge is 0.161 e. The van der Waals surface area contributed by atoms with Crippen molar-refractivity contribution in [1.82, 2.24) is 0 Å². The second-order valence-corrected chi connectivity index (χ2v) is 5.75. The van der Waals surface area contributed by atoms with E-state index < -0.39 is 0 Å². The lowest BCUT2D eigenvalue weighted by Gasteiger charge is -2.27. The number of nitrogens with zero attached hydrogens (tertiary/aromatic N) is 1. The van der Waals surface area contributed by atoms with E-state index in [0.29, 0.717) is 11.8 Å². The molecule has 0 spiro atoms. The Hall–Kier alpha value is -2.62. The van der Waals surface area contributed by atoms with Gasteiger partial charge in [-0.3, -0.25) is 0 Å². The summed E-state index contributed by atoms with van der Waals surface area (Å²) in [4.78, 5) is 2.30. The first-order valence-electron chi connectivity index (χ1n) is 7.40. The van der Waals surface area contributed by atoms with Crippen LogP contribution < -0.4 is 15.0 Å².